The molecular formula is C19H26N2O4. The lowest BCUT2D eigenvalue weighted by Crippen LogP contribution is -2.46. The lowest BCUT2D eigenvalue weighted by atomic mass is 9.76. The van der Waals surface area contributed by atoms with Crippen LogP contribution in [0.25, 0.3) is 0 Å². The predicted molar refractivity (Wildman–Crippen MR) is 94.6 cm³/mol. The first kappa shape index (κ1) is 19.1. The highest BCUT2D eigenvalue weighted by molar-refractivity contribution is 5.89. The Balaban J connectivity index is 0.000000242. The molecule has 0 spiro atoms. The van der Waals surface area contributed by atoms with Gasteiger partial charge in [-0.25, -0.2) is 9.59 Å². The van der Waals surface area contributed by atoms with E-state index >= 15 is 0 Å². The molecule has 1 aromatic rings. The van der Waals surface area contributed by atoms with Crippen molar-refractivity contribution in [3.8, 4) is 0 Å². The van der Waals surface area contributed by atoms with Crippen LogP contribution in [0.3, 0.4) is 0 Å². The third kappa shape index (κ3) is 5.39. The molecule has 3 rings (SSSR count). The van der Waals surface area contributed by atoms with Crippen LogP contribution in [0.4, 0.5) is 0 Å². The van der Waals surface area contributed by atoms with Crippen LogP contribution in [0.2, 0.25) is 0 Å². The zero-order valence-corrected chi connectivity index (χ0v) is 14.6. The van der Waals surface area contributed by atoms with Gasteiger partial charge in [0, 0.05) is 36.0 Å². The number of aliphatic carboxylic acids is 2. The van der Waals surface area contributed by atoms with Crippen LogP contribution in [0.1, 0.15) is 49.8 Å². The lowest BCUT2D eigenvalue weighted by Gasteiger charge is -2.44. The molecular weight excluding hydrogens is 320 g/mol. The highest BCUT2D eigenvalue weighted by atomic mass is 16.4. The number of hydrogen-bond donors (Lipinski definition) is 2. The van der Waals surface area contributed by atoms with E-state index in [0.29, 0.717) is 12.2 Å². The van der Waals surface area contributed by atoms with Crippen molar-refractivity contribution >= 4 is 11.9 Å². The zero-order valence-electron chi connectivity index (χ0n) is 14.6. The molecule has 1 aromatic heterocycles. The maximum Gasteiger partial charge on any atom is 0.328 e. The SMILES string of the molecule is CCCN1CCC[C@@H]2c3cccnc3CC[C@H]21.O=C(O)/C=C/C(=O)O. The Morgan fingerprint density at radius 3 is 2.64 bits per heavy atom. The Morgan fingerprint density at radius 2 is 2.00 bits per heavy atom. The van der Waals surface area contributed by atoms with Gasteiger partial charge in [-0.15, -0.1) is 0 Å². The van der Waals surface area contributed by atoms with E-state index in [-0.39, 0.29) is 0 Å². The molecule has 0 bridgehead atoms. The number of piperidine rings is 1. The van der Waals surface area contributed by atoms with Crippen molar-refractivity contribution in [3.63, 3.8) is 0 Å². The van der Waals surface area contributed by atoms with Crippen LogP contribution in [-0.4, -0.2) is 51.2 Å². The summed E-state index contributed by atoms with van der Waals surface area (Å²) in [5, 5.41) is 15.6. The standard InChI is InChI=1S/C15H22N2.C4H4O4/c1-2-10-17-11-4-6-13-12-5-3-9-16-14(12)7-8-15(13)17;5-3(6)1-2-4(7)8/h3,5,9,13,15H,2,4,6-8,10-11H2,1H3;1-2H,(H,5,6)(H,7,8)/b;2-1+/t13-,15-;/m1./s1. The maximum atomic E-state index is 9.55. The van der Waals surface area contributed by atoms with Gasteiger partial charge >= 0.3 is 11.9 Å². The number of aryl methyl sites for hydroxylation is 1. The fourth-order valence-corrected chi connectivity index (χ4v) is 3.86. The van der Waals surface area contributed by atoms with E-state index in [2.05, 4.69) is 28.9 Å². The number of pyridine rings is 1. The van der Waals surface area contributed by atoms with Gasteiger partial charge in [0.25, 0.3) is 0 Å². The lowest BCUT2D eigenvalue weighted by molar-refractivity contribution is -0.134. The summed E-state index contributed by atoms with van der Waals surface area (Å²) in [6.45, 7) is 4.88. The number of carboxylic acids is 2. The van der Waals surface area contributed by atoms with Crippen LogP contribution in [0.15, 0.2) is 30.5 Å². The summed E-state index contributed by atoms with van der Waals surface area (Å²) in [6, 6.07) is 5.22. The smallest absolute Gasteiger partial charge is 0.328 e. The molecule has 0 aromatic carbocycles. The van der Waals surface area contributed by atoms with E-state index in [1.54, 1.807) is 5.56 Å². The van der Waals surface area contributed by atoms with Gasteiger partial charge in [0.1, 0.15) is 0 Å². The first-order chi connectivity index (χ1) is 12.0. The van der Waals surface area contributed by atoms with Gasteiger partial charge in [0.2, 0.25) is 0 Å². The quantitative estimate of drug-likeness (QED) is 0.815. The molecule has 1 saturated heterocycles. The molecule has 25 heavy (non-hydrogen) atoms. The van der Waals surface area contributed by atoms with Crippen molar-refractivity contribution in [1.82, 2.24) is 9.88 Å². The molecule has 0 amide bonds. The van der Waals surface area contributed by atoms with Gasteiger partial charge in [0.05, 0.1) is 0 Å². The Kier molecular flexibility index (Phi) is 7.13. The molecule has 0 saturated carbocycles. The van der Waals surface area contributed by atoms with Crippen LogP contribution < -0.4 is 0 Å². The zero-order chi connectivity index (χ0) is 18.2. The molecule has 1 aliphatic carbocycles. The van der Waals surface area contributed by atoms with E-state index < -0.39 is 11.9 Å². The average Bonchev–Trinajstić information content (AvgIpc) is 2.61. The summed E-state index contributed by atoms with van der Waals surface area (Å²) in [5.41, 5.74) is 2.91. The fourth-order valence-electron chi connectivity index (χ4n) is 3.86. The number of fused-ring (bicyclic) bond motifs is 3. The molecule has 136 valence electrons. The largest absolute Gasteiger partial charge is 0.478 e. The van der Waals surface area contributed by atoms with Gasteiger partial charge in [-0.3, -0.25) is 9.88 Å². The molecule has 2 heterocycles. The summed E-state index contributed by atoms with van der Waals surface area (Å²) in [6.07, 6.45) is 9.56. The summed E-state index contributed by atoms with van der Waals surface area (Å²) in [7, 11) is 0. The van der Waals surface area contributed by atoms with Crippen LogP contribution in [0.5, 0.6) is 0 Å². The number of carboxylic acid groups (broad SMARTS) is 2. The van der Waals surface area contributed by atoms with E-state index in [1.807, 2.05) is 6.20 Å². The Labute approximate surface area is 148 Å². The summed E-state index contributed by atoms with van der Waals surface area (Å²) in [4.78, 5) is 26.4. The molecule has 0 radical (unpaired) electrons. The van der Waals surface area contributed by atoms with Gasteiger partial charge in [-0.1, -0.05) is 13.0 Å². The topological polar surface area (TPSA) is 90.7 Å². The number of aromatic nitrogens is 1. The minimum absolute atomic E-state index is 0.558. The van der Waals surface area contributed by atoms with Crippen molar-refractivity contribution in [2.45, 2.75) is 51.0 Å². The summed E-state index contributed by atoms with van der Waals surface area (Å²) < 4.78 is 0. The monoisotopic (exact) mass is 346 g/mol. The van der Waals surface area contributed by atoms with Crippen LogP contribution in [-0.2, 0) is 16.0 Å². The van der Waals surface area contributed by atoms with E-state index in [4.69, 9.17) is 10.2 Å². The summed E-state index contributed by atoms with van der Waals surface area (Å²) in [5.74, 6) is -1.76. The molecule has 2 atom stereocenters. The van der Waals surface area contributed by atoms with Gasteiger partial charge in [0.15, 0.2) is 0 Å². The number of likely N-dealkylation sites (tertiary alicyclic amines) is 1. The highest BCUT2D eigenvalue weighted by Gasteiger charge is 2.35. The second kappa shape index (κ2) is 9.32. The molecule has 2 aliphatic rings. The normalized spacial score (nSPS) is 22.4. The third-order valence-electron chi connectivity index (χ3n) is 4.78. The van der Waals surface area contributed by atoms with E-state index in [1.165, 1.54) is 50.9 Å². The first-order valence-electron chi connectivity index (χ1n) is 8.84. The number of nitrogens with zero attached hydrogens (tertiary/aromatic N) is 2. The Bertz CT molecular complexity index is 612. The minimum atomic E-state index is -1.26. The number of hydrogen-bond acceptors (Lipinski definition) is 4. The highest BCUT2D eigenvalue weighted by Crippen LogP contribution is 2.39. The summed E-state index contributed by atoms with van der Waals surface area (Å²) >= 11 is 0. The molecule has 6 heteroatoms. The van der Waals surface area contributed by atoms with Crippen LogP contribution in [0, 0.1) is 0 Å². The first-order valence-corrected chi connectivity index (χ1v) is 8.84. The van der Waals surface area contributed by atoms with Crippen molar-refractivity contribution in [3.05, 3.63) is 41.7 Å². The Morgan fingerprint density at radius 1 is 1.28 bits per heavy atom. The van der Waals surface area contributed by atoms with Crippen molar-refractivity contribution in [2.75, 3.05) is 13.1 Å². The molecule has 0 unspecified atom stereocenters. The second-order valence-corrected chi connectivity index (χ2v) is 6.44. The third-order valence-corrected chi connectivity index (χ3v) is 4.78. The Hall–Kier alpha value is -2.21. The number of carbonyl (C=O) groups is 2. The van der Waals surface area contributed by atoms with Crippen molar-refractivity contribution in [2.24, 2.45) is 0 Å². The molecule has 1 fully saturated rings. The van der Waals surface area contributed by atoms with Crippen molar-refractivity contribution < 1.29 is 19.8 Å². The van der Waals surface area contributed by atoms with Gasteiger partial charge < -0.3 is 10.2 Å². The molecule has 2 N–H and O–H groups in total. The van der Waals surface area contributed by atoms with E-state index in [9.17, 15) is 9.59 Å². The average molecular weight is 346 g/mol. The fraction of sp³-hybridized carbons (Fsp3) is 0.526. The van der Waals surface area contributed by atoms with Gasteiger partial charge in [-0.2, -0.15) is 0 Å². The van der Waals surface area contributed by atoms with E-state index in [0.717, 1.165) is 12.0 Å². The second-order valence-electron chi connectivity index (χ2n) is 6.44. The van der Waals surface area contributed by atoms with Crippen LogP contribution >= 0.6 is 0 Å². The number of rotatable bonds is 4. The van der Waals surface area contributed by atoms with Gasteiger partial charge in [-0.05, 0) is 56.8 Å². The maximum absolute atomic E-state index is 9.55. The molecule has 1 aliphatic heterocycles. The minimum Gasteiger partial charge on any atom is -0.478 e. The van der Waals surface area contributed by atoms with Crippen molar-refractivity contribution in [1.29, 1.82) is 0 Å². The predicted octanol–water partition coefficient (Wildman–Crippen LogP) is 2.70. The molecule has 6 nitrogen and oxygen atoms in total.